The van der Waals surface area contributed by atoms with E-state index in [0.29, 0.717) is 5.56 Å². The predicted octanol–water partition coefficient (Wildman–Crippen LogP) is 2.92. The summed E-state index contributed by atoms with van der Waals surface area (Å²) in [4.78, 5) is 11.8. The predicted molar refractivity (Wildman–Crippen MR) is 73.0 cm³/mol. The van der Waals surface area contributed by atoms with Crippen LogP contribution in [0.3, 0.4) is 0 Å². The standard InChI is InChI=1S/C12H16ClNO2S/c1-8(5-6-17-2)14-12(16)9-3-4-11(15)10(13)7-9/h3-4,7-8,15H,5-6H2,1-2H3,(H,14,16). The first kappa shape index (κ1) is 14.2. The lowest BCUT2D eigenvalue weighted by Crippen LogP contribution is -2.32. The molecule has 1 amide bonds. The lowest BCUT2D eigenvalue weighted by Gasteiger charge is -2.13. The van der Waals surface area contributed by atoms with Gasteiger partial charge < -0.3 is 10.4 Å². The average molecular weight is 274 g/mol. The van der Waals surface area contributed by atoms with E-state index in [9.17, 15) is 9.90 Å². The smallest absolute Gasteiger partial charge is 0.251 e. The van der Waals surface area contributed by atoms with E-state index in [-0.39, 0.29) is 22.7 Å². The number of hydrogen-bond acceptors (Lipinski definition) is 3. The van der Waals surface area contributed by atoms with Crippen molar-refractivity contribution < 1.29 is 9.90 Å². The first-order valence-electron chi connectivity index (χ1n) is 5.33. The van der Waals surface area contributed by atoms with Crippen LogP contribution >= 0.6 is 23.4 Å². The SMILES string of the molecule is CSCCC(C)NC(=O)c1ccc(O)c(Cl)c1. The van der Waals surface area contributed by atoms with Crippen LogP contribution in [0.15, 0.2) is 18.2 Å². The Hall–Kier alpha value is -0.870. The minimum atomic E-state index is -0.166. The van der Waals surface area contributed by atoms with Gasteiger partial charge in [0.05, 0.1) is 5.02 Å². The molecule has 0 bridgehead atoms. The molecule has 0 saturated carbocycles. The van der Waals surface area contributed by atoms with Crippen molar-refractivity contribution in [2.24, 2.45) is 0 Å². The second-order valence-electron chi connectivity index (χ2n) is 3.82. The highest BCUT2D eigenvalue weighted by atomic mass is 35.5. The van der Waals surface area contributed by atoms with E-state index >= 15 is 0 Å². The molecule has 0 heterocycles. The molecule has 2 N–H and O–H groups in total. The Balaban J connectivity index is 2.60. The molecule has 0 aliphatic carbocycles. The fourth-order valence-electron chi connectivity index (χ4n) is 1.32. The van der Waals surface area contributed by atoms with Gasteiger partial charge in [0.15, 0.2) is 0 Å². The minimum absolute atomic E-state index is 0.0151. The number of thioether (sulfide) groups is 1. The third kappa shape index (κ3) is 4.48. The summed E-state index contributed by atoms with van der Waals surface area (Å²) < 4.78 is 0. The molecule has 1 unspecified atom stereocenters. The largest absolute Gasteiger partial charge is 0.506 e. The molecular formula is C12H16ClNO2S. The number of aromatic hydroxyl groups is 1. The van der Waals surface area contributed by atoms with Crippen LogP contribution < -0.4 is 5.32 Å². The number of phenolic OH excluding ortho intramolecular Hbond substituents is 1. The van der Waals surface area contributed by atoms with E-state index in [4.69, 9.17) is 11.6 Å². The van der Waals surface area contributed by atoms with Crippen molar-refractivity contribution in [1.82, 2.24) is 5.32 Å². The normalized spacial score (nSPS) is 12.2. The van der Waals surface area contributed by atoms with Crippen molar-refractivity contribution in [3.8, 4) is 5.75 Å². The van der Waals surface area contributed by atoms with Crippen LogP contribution in [-0.2, 0) is 0 Å². The van der Waals surface area contributed by atoms with Crippen LogP contribution in [0.1, 0.15) is 23.7 Å². The molecule has 0 radical (unpaired) electrons. The average Bonchev–Trinajstić information content (AvgIpc) is 2.30. The van der Waals surface area contributed by atoms with Crippen LogP contribution in [0.4, 0.5) is 0 Å². The zero-order valence-corrected chi connectivity index (χ0v) is 11.4. The fraction of sp³-hybridized carbons (Fsp3) is 0.417. The summed E-state index contributed by atoms with van der Waals surface area (Å²) in [7, 11) is 0. The van der Waals surface area contributed by atoms with Crippen LogP contribution in [0, 0.1) is 0 Å². The van der Waals surface area contributed by atoms with Crippen molar-refractivity contribution in [2.75, 3.05) is 12.0 Å². The van der Waals surface area contributed by atoms with Gasteiger partial charge >= 0.3 is 0 Å². The van der Waals surface area contributed by atoms with Crippen molar-refractivity contribution >= 4 is 29.3 Å². The maximum absolute atomic E-state index is 11.8. The molecule has 1 aromatic rings. The number of benzene rings is 1. The number of phenols is 1. The molecule has 94 valence electrons. The number of hydrogen-bond donors (Lipinski definition) is 2. The number of carbonyl (C=O) groups is 1. The number of carbonyl (C=O) groups excluding carboxylic acids is 1. The Morgan fingerprint density at radius 2 is 2.29 bits per heavy atom. The van der Waals surface area contributed by atoms with Gasteiger partial charge in [0.25, 0.3) is 5.91 Å². The molecule has 0 saturated heterocycles. The van der Waals surface area contributed by atoms with Gasteiger partial charge in [-0.25, -0.2) is 0 Å². The van der Waals surface area contributed by atoms with Crippen LogP contribution in [0.5, 0.6) is 5.75 Å². The summed E-state index contributed by atoms with van der Waals surface area (Å²) in [6.45, 7) is 1.97. The summed E-state index contributed by atoms with van der Waals surface area (Å²) >= 11 is 7.50. The van der Waals surface area contributed by atoms with Crippen molar-refractivity contribution in [2.45, 2.75) is 19.4 Å². The van der Waals surface area contributed by atoms with Gasteiger partial charge in [-0.15, -0.1) is 0 Å². The van der Waals surface area contributed by atoms with E-state index in [1.165, 1.54) is 12.1 Å². The summed E-state index contributed by atoms with van der Waals surface area (Å²) in [5, 5.41) is 12.3. The Bertz CT molecular complexity index is 398. The van der Waals surface area contributed by atoms with Crippen molar-refractivity contribution in [1.29, 1.82) is 0 Å². The fourth-order valence-corrected chi connectivity index (χ4v) is 2.09. The van der Waals surface area contributed by atoms with Gasteiger partial charge in [0, 0.05) is 11.6 Å². The van der Waals surface area contributed by atoms with Gasteiger partial charge in [0.1, 0.15) is 5.75 Å². The molecule has 0 aliphatic heterocycles. The highest BCUT2D eigenvalue weighted by Crippen LogP contribution is 2.23. The molecular weight excluding hydrogens is 258 g/mol. The first-order chi connectivity index (χ1) is 8.04. The Morgan fingerprint density at radius 1 is 1.59 bits per heavy atom. The van der Waals surface area contributed by atoms with Crippen LogP contribution in [0.2, 0.25) is 5.02 Å². The number of rotatable bonds is 5. The van der Waals surface area contributed by atoms with E-state index in [0.717, 1.165) is 12.2 Å². The highest BCUT2D eigenvalue weighted by Gasteiger charge is 2.11. The Morgan fingerprint density at radius 3 is 2.88 bits per heavy atom. The number of amides is 1. The third-order valence-electron chi connectivity index (χ3n) is 2.34. The van der Waals surface area contributed by atoms with E-state index in [1.54, 1.807) is 17.8 Å². The van der Waals surface area contributed by atoms with E-state index in [1.807, 2.05) is 13.2 Å². The summed E-state index contributed by atoms with van der Waals surface area (Å²) in [6, 6.07) is 4.57. The third-order valence-corrected chi connectivity index (χ3v) is 3.29. The second-order valence-corrected chi connectivity index (χ2v) is 5.21. The lowest BCUT2D eigenvalue weighted by molar-refractivity contribution is 0.0939. The summed E-state index contributed by atoms with van der Waals surface area (Å²) in [5.74, 6) is 0.830. The zero-order chi connectivity index (χ0) is 12.8. The van der Waals surface area contributed by atoms with Gasteiger partial charge in [-0.2, -0.15) is 11.8 Å². The molecule has 3 nitrogen and oxygen atoms in total. The van der Waals surface area contributed by atoms with Crippen LogP contribution in [-0.4, -0.2) is 29.1 Å². The van der Waals surface area contributed by atoms with Crippen LogP contribution in [0.25, 0.3) is 0 Å². The van der Waals surface area contributed by atoms with E-state index in [2.05, 4.69) is 5.32 Å². The maximum Gasteiger partial charge on any atom is 0.251 e. The molecule has 0 aromatic heterocycles. The summed E-state index contributed by atoms with van der Waals surface area (Å²) in [6.07, 6.45) is 2.97. The Kier molecular flexibility index (Phi) is 5.65. The molecule has 0 spiro atoms. The van der Waals surface area contributed by atoms with E-state index < -0.39 is 0 Å². The molecule has 0 aliphatic rings. The zero-order valence-electron chi connectivity index (χ0n) is 9.87. The molecule has 1 rings (SSSR count). The molecule has 1 aromatic carbocycles. The lowest BCUT2D eigenvalue weighted by atomic mass is 10.2. The highest BCUT2D eigenvalue weighted by molar-refractivity contribution is 7.98. The molecule has 5 heteroatoms. The van der Waals surface area contributed by atoms with Crippen molar-refractivity contribution in [3.63, 3.8) is 0 Å². The topological polar surface area (TPSA) is 49.3 Å². The maximum atomic E-state index is 11.8. The molecule has 1 atom stereocenters. The quantitative estimate of drug-likeness (QED) is 0.867. The second kappa shape index (κ2) is 6.77. The molecule has 17 heavy (non-hydrogen) atoms. The first-order valence-corrected chi connectivity index (χ1v) is 7.10. The Labute approximate surface area is 111 Å². The number of nitrogens with one attached hydrogen (secondary N) is 1. The van der Waals surface area contributed by atoms with Gasteiger partial charge in [0.2, 0.25) is 0 Å². The van der Waals surface area contributed by atoms with Gasteiger partial charge in [-0.1, -0.05) is 11.6 Å². The van der Waals surface area contributed by atoms with Gasteiger partial charge in [-0.05, 0) is 43.6 Å². The minimum Gasteiger partial charge on any atom is -0.506 e. The summed E-state index contributed by atoms with van der Waals surface area (Å²) in [5.41, 5.74) is 0.462. The van der Waals surface area contributed by atoms with Gasteiger partial charge in [-0.3, -0.25) is 4.79 Å². The monoisotopic (exact) mass is 273 g/mol. The number of halogens is 1. The van der Waals surface area contributed by atoms with Crippen molar-refractivity contribution in [3.05, 3.63) is 28.8 Å². The molecule has 0 fully saturated rings.